The molecule has 3 rings (SSSR count). The first-order valence-corrected chi connectivity index (χ1v) is 6.82. The van der Waals surface area contributed by atoms with E-state index in [0.29, 0.717) is 11.5 Å². The van der Waals surface area contributed by atoms with Crippen molar-refractivity contribution in [3.05, 3.63) is 27.2 Å². The molecule has 0 atom stereocenters. The molecular formula is C11H8BrNO3S. The summed E-state index contributed by atoms with van der Waals surface area (Å²) in [6.07, 6.45) is 1.97. The van der Waals surface area contributed by atoms with Gasteiger partial charge in [-0.25, -0.2) is 4.79 Å². The first-order chi connectivity index (χ1) is 8.18. The molecular weight excluding hydrogens is 306 g/mol. The molecule has 0 amide bonds. The van der Waals surface area contributed by atoms with Crippen molar-refractivity contribution in [1.29, 1.82) is 0 Å². The van der Waals surface area contributed by atoms with E-state index in [1.54, 1.807) is 0 Å². The quantitative estimate of drug-likeness (QED) is 0.937. The van der Waals surface area contributed by atoms with E-state index < -0.39 is 5.97 Å². The van der Waals surface area contributed by atoms with Crippen LogP contribution in [-0.2, 0) is 0 Å². The third-order valence-electron chi connectivity index (χ3n) is 2.71. The second kappa shape index (κ2) is 3.96. The molecule has 2 aromatic heterocycles. The Balaban J connectivity index is 2.17. The van der Waals surface area contributed by atoms with Crippen LogP contribution in [0.4, 0.5) is 0 Å². The Bertz CT molecular complexity index is 585. The SMILES string of the molecule is O=C(O)c1c(-c2sccc2Br)noc1C1CC1. The van der Waals surface area contributed by atoms with Crippen LogP contribution < -0.4 is 0 Å². The molecule has 17 heavy (non-hydrogen) atoms. The Labute approximate surface area is 109 Å². The lowest BCUT2D eigenvalue weighted by Crippen LogP contribution is -2.00. The van der Waals surface area contributed by atoms with Crippen LogP contribution in [-0.4, -0.2) is 16.2 Å². The van der Waals surface area contributed by atoms with Gasteiger partial charge in [0.1, 0.15) is 11.3 Å². The van der Waals surface area contributed by atoms with Crippen molar-refractivity contribution in [2.24, 2.45) is 0 Å². The largest absolute Gasteiger partial charge is 0.477 e. The van der Waals surface area contributed by atoms with Gasteiger partial charge in [0.2, 0.25) is 0 Å². The molecule has 1 fully saturated rings. The number of carbonyl (C=O) groups is 1. The van der Waals surface area contributed by atoms with Gasteiger partial charge in [0, 0.05) is 10.4 Å². The number of hydrogen-bond acceptors (Lipinski definition) is 4. The van der Waals surface area contributed by atoms with Crippen molar-refractivity contribution in [3.8, 4) is 10.6 Å². The summed E-state index contributed by atoms with van der Waals surface area (Å²) >= 11 is 4.83. The summed E-state index contributed by atoms with van der Waals surface area (Å²) in [5.41, 5.74) is 0.650. The number of rotatable bonds is 3. The van der Waals surface area contributed by atoms with E-state index >= 15 is 0 Å². The minimum atomic E-state index is -0.969. The Morgan fingerprint density at radius 2 is 2.35 bits per heavy atom. The minimum absolute atomic E-state index is 0.218. The molecule has 2 aromatic rings. The zero-order valence-corrected chi connectivity index (χ0v) is 11.0. The van der Waals surface area contributed by atoms with Gasteiger partial charge in [0.25, 0.3) is 0 Å². The topological polar surface area (TPSA) is 63.3 Å². The van der Waals surface area contributed by atoms with Crippen LogP contribution in [0.25, 0.3) is 10.6 Å². The van der Waals surface area contributed by atoms with Crippen molar-refractivity contribution in [1.82, 2.24) is 5.16 Å². The fourth-order valence-electron chi connectivity index (χ4n) is 1.75. The number of hydrogen-bond donors (Lipinski definition) is 1. The van der Waals surface area contributed by atoms with E-state index in [9.17, 15) is 9.90 Å². The van der Waals surface area contributed by atoms with Crippen LogP contribution in [0.1, 0.15) is 34.9 Å². The number of nitrogens with zero attached hydrogens (tertiary/aromatic N) is 1. The van der Waals surface area contributed by atoms with Crippen LogP contribution in [0.15, 0.2) is 20.4 Å². The van der Waals surface area contributed by atoms with Crippen molar-refractivity contribution < 1.29 is 14.4 Å². The maximum atomic E-state index is 11.3. The summed E-state index contributed by atoms with van der Waals surface area (Å²) < 4.78 is 6.06. The maximum absolute atomic E-state index is 11.3. The fourth-order valence-corrected chi connectivity index (χ4v) is 3.30. The average molecular weight is 314 g/mol. The average Bonchev–Trinajstić information content (AvgIpc) is 2.89. The van der Waals surface area contributed by atoms with Gasteiger partial charge in [-0.05, 0) is 40.2 Å². The maximum Gasteiger partial charge on any atom is 0.341 e. The van der Waals surface area contributed by atoms with E-state index in [0.717, 1.165) is 22.2 Å². The fraction of sp³-hybridized carbons (Fsp3) is 0.273. The van der Waals surface area contributed by atoms with Gasteiger partial charge in [0.05, 0.1) is 4.88 Å². The lowest BCUT2D eigenvalue weighted by molar-refractivity contribution is 0.0695. The summed E-state index contributed by atoms with van der Waals surface area (Å²) in [5, 5.41) is 15.1. The van der Waals surface area contributed by atoms with E-state index in [-0.39, 0.29) is 11.5 Å². The van der Waals surface area contributed by atoms with Crippen molar-refractivity contribution >= 4 is 33.2 Å². The number of aromatic nitrogens is 1. The Morgan fingerprint density at radius 1 is 1.59 bits per heavy atom. The normalized spacial score (nSPS) is 15.1. The number of carboxylic acids is 1. The monoisotopic (exact) mass is 313 g/mol. The zero-order valence-electron chi connectivity index (χ0n) is 8.64. The van der Waals surface area contributed by atoms with E-state index in [2.05, 4.69) is 21.1 Å². The summed E-state index contributed by atoms with van der Waals surface area (Å²) in [4.78, 5) is 12.1. The number of carboxylic acid groups (broad SMARTS) is 1. The molecule has 88 valence electrons. The van der Waals surface area contributed by atoms with Gasteiger partial charge in [-0.3, -0.25) is 0 Å². The van der Waals surface area contributed by atoms with Crippen molar-refractivity contribution in [3.63, 3.8) is 0 Å². The number of thiophene rings is 1. The van der Waals surface area contributed by atoms with Gasteiger partial charge < -0.3 is 9.63 Å². The van der Waals surface area contributed by atoms with Crippen LogP contribution >= 0.6 is 27.3 Å². The minimum Gasteiger partial charge on any atom is -0.477 e. The summed E-state index contributed by atoms with van der Waals surface area (Å²) in [7, 11) is 0. The summed E-state index contributed by atoms with van der Waals surface area (Å²) in [6.45, 7) is 0. The molecule has 2 heterocycles. The highest BCUT2D eigenvalue weighted by Crippen LogP contribution is 2.45. The molecule has 0 unspecified atom stereocenters. The highest BCUT2D eigenvalue weighted by molar-refractivity contribution is 9.10. The van der Waals surface area contributed by atoms with Gasteiger partial charge in [-0.2, -0.15) is 0 Å². The molecule has 0 aliphatic heterocycles. The van der Waals surface area contributed by atoms with Crippen LogP contribution in [0.2, 0.25) is 0 Å². The molecule has 1 N–H and O–H groups in total. The molecule has 0 aromatic carbocycles. The summed E-state index contributed by atoms with van der Waals surface area (Å²) in [5.74, 6) is -0.211. The van der Waals surface area contributed by atoms with Crippen LogP contribution in [0, 0.1) is 0 Å². The van der Waals surface area contributed by atoms with Crippen molar-refractivity contribution in [2.45, 2.75) is 18.8 Å². The molecule has 0 bridgehead atoms. The number of halogens is 1. The second-order valence-corrected chi connectivity index (χ2v) is 5.72. The van der Waals surface area contributed by atoms with Crippen LogP contribution in [0.3, 0.4) is 0 Å². The first-order valence-electron chi connectivity index (χ1n) is 5.14. The Kier molecular flexibility index (Phi) is 2.56. The lowest BCUT2D eigenvalue weighted by atomic mass is 10.1. The number of aromatic carboxylic acids is 1. The van der Waals surface area contributed by atoms with Gasteiger partial charge >= 0.3 is 5.97 Å². The predicted octanol–water partition coefficient (Wildman–Crippen LogP) is 3.74. The highest BCUT2D eigenvalue weighted by atomic mass is 79.9. The summed E-state index contributed by atoms with van der Waals surface area (Å²) in [6, 6.07) is 1.87. The van der Waals surface area contributed by atoms with Gasteiger partial charge in [-0.1, -0.05) is 5.16 Å². The third kappa shape index (κ3) is 1.81. The molecule has 1 aliphatic rings. The Morgan fingerprint density at radius 3 is 2.88 bits per heavy atom. The molecule has 1 saturated carbocycles. The third-order valence-corrected chi connectivity index (χ3v) is 4.56. The van der Waals surface area contributed by atoms with Crippen molar-refractivity contribution in [2.75, 3.05) is 0 Å². The molecule has 4 nitrogen and oxygen atoms in total. The molecule has 0 spiro atoms. The highest BCUT2D eigenvalue weighted by Gasteiger charge is 2.35. The van der Waals surface area contributed by atoms with Crippen LogP contribution in [0.5, 0.6) is 0 Å². The van der Waals surface area contributed by atoms with E-state index in [1.807, 2.05) is 11.4 Å². The smallest absolute Gasteiger partial charge is 0.341 e. The van der Waals surface area contributed by atoms with Gasteiger partial charge in [0.15, 0.2) is 5.76 Å². The van der Waals surface area contributed by atoms with E-state index in [4.69, 9.17) is 4.52 Å². The zero-order chi connectivity index (χ0) is 12.0. The molecule has 1 aliphatic carbocycles. The lowest BCUT2D eigenvalue weighted by Gasteiger charge is -1.96. The van der Waals surface area contributed by atoms with E-state index in [1.165, 1.54) is 11.3 Å². The second-order valence-electron chi connectivity index (χ2n) is 3.95. The Hall–Kier alpha value is -1.14. The first kappa shape index (κ1) is 11.0. The van der Waals surface area contributed by atoms with Gasteiger partial charge in [-0.15, -0.1) is 11.3 Å². The molecule has 0 radical (unpaired) electrons. The molecule has 6 heteroatoms. The predicted molar refractivity (Wildman–Crippen MR) is 66.5 cm³/mol. The standard InChI is InChI=1S/C11H8BrNO3S/c12-6-3-4-17-10(6)8-7(11(14)15)9(16-13-8)5-1-2-5/h3-5H,1-2H2,(H,14,15). The molecule has 0 saturated heterocycles.